The third kappa shape index (κ3) is 0.943. The molecule has 0 aliphatic carbocycles. The Hall–Kier alpha value is 0.429. The van der Waals surface area contributed by atoms with E-state index in [1.165, 1.54) is 25.4 Å². The topological polar surface area (TPSA) is 12.9 Å². The van der Waals surface area contributed by atoms with Gasteiger partial charge in [-0.05, 0) is 0 Å². The fourth-order valence-corrected chi connectivity index (χ4v) is 1.24. The Labute approximate surface area is 53.5 Å². The van der Waals surface area contributed by atoms with Crippen LogP contribution >= 0.6 is 11.3 Å². The second kappa shape index (κ2) is 1.93. The van der Waals surface area contributed by atoms with E-state index < -0.39 is 0 Å². The quantitative estimate of drug-likeness (QED) is 0.538. The number of hydrogen-bond acceptors (Lipinski definition) is 2. The molecule has 0 spiro atoms. The van der Waals surface area contributed by atoms with Gasteiger partial charge in [-0.25, -0.2) is 0 Å². The molecule has 0 atom stereocenters. The van der Waals surface area contributed by atoms with E-state index in [1.807, 2.05) is 11.7 Å². The van der Waals surface area contributed by atoms with Crippen molar-refractivity contribution in [1.82, 2.24) is 4.98 Å². The summed E-state index contributed by atoms with van der Waals surface area (Å²) in [6.45, 7) is 0. The first-order chi connectivity index (χ1) is 2.89. The van der Waals surface area contributed by atoms with Crippen molar-refractivity contribution in [2.24, 2.45) is 0 Å². The van der Waals surface area contributed by atoms with Crippen molar-refractivity contribution < 1.29 is 0 Å². The molecule has 1 aromatic rings. The number of rotatable bonds is 0. The summed E-state index contributed by atoms with van der Waals surface area (Å²) in [5.74, 6) is 0. The first-order valence-electron chi connectivity index (χ1n) is 1.49. The Morgan fingerprint density at radius 3 is 2.83 bits per heavy atom. The van der Waals surface area contributed by atoms with Crippen LogP contribution < -0.4 is 2.89 Å². The monoisotopic (exact) mass is 204 g/mol. The predicted octanol–water partition coefficient (Wildman–Crippen LogP) is -0.0631. The van der Waals surface area contributed by atoms with E-state index in [9.17, 15) is 0 Å². The fraction of sp³-hybridized carbons (Fsp3) is 0. The summed E-state index contributed by atoms with van der Waals surface area (Å²) >= 11 is 3.17. The zero-order valence-corrected chi connectivity index (χ0v) is 6.68. The fourth-order valence-electron chi connectivity index (χ4n) is 0.216. The Bertz CT molecular complexity index is 114. The Kier molecular flexibility index (Phi) is 1.47. The van der Waals surface area contributed by atoms with Crippen LogP contribution in [0, 0.1) is 0 Å². The molecule has 0 N–H and O–H groups in total. The first-order valence-corrected chi connectivity index (χ1v) is 3.80. The van der Waals surface area contributed by atoms with Crippen molar-refractivity contribution >= 4 is 36.8 Å². The zero-order valence-electron chi connectivity index (χ0n) is 3.01. The van der Waals surface area contributed by atoms with Crippen LogP contribution in [0.25, 0.3) is 0 Å². The van der Waals surface area contributed by atoms with Crippen LogP contribution in [0.2, 0.25) is 0 Å². The molecule has 6 heavy (non-hydrogen) atoms. The average molecular weight is 203 g/mol. The van der Waals surface area contributed by atoms with Crippen LogP contribution in [0.4, 0.5) is 0 Å². The SMILES string of the molecule is [Sn][c]1cncs1. The molecule has 0 aliphatic rings. The van der Waals surface area contributed by atoms with E-state index in [2.05, 4.69) is 4.98 Å². The Morgan fingerprint density at radius 1 is 1.83 bits per heavy atom. The molecule has 3 radical (unpaired) electrons. The van der Waals surface area contributed by atoms with Crippen molar-refractivity contribution in [3.05, 3.63) is 11.7 Å². The van der Waals surface area contributed by atoms with E-state index in [0.29, 0.717) is 0 Å². The van der Waals surface area contributed by atoms with E-state index in [-0.39, 0.29) is 0 Å². The molecule has 3 heteroatoms. The van der Waals surface area contributed by atoms with Crippen LogP contribution in [-0.2, 0) is 0 Å². The Balaban J connectivity index is 3.05. The van der Waals surface area contributed by atoms with Crippen molar-refractivity contribution in [2.45, 2.75) is 0 Å². The van der Waals surface area contributed by atoms with Crippen LogP contribution in [0.15, 0.2) is 11.7 Å². The molecule has 29 valence electrons. The van der Waals surface area contributed by atoms with E-state index in [1.54, 1.807) is 11.3 Å². The standard InChI is InChI=1S/C3H2NS.Sn/c1-2-5-3-4-1;/h1,3H;. The minimum absolute atomic E-state index is 1.36. The summed E-state index contributed by atoms with van der Waals surface area (Å²) in [5, 5.41) is 0. The van der Waals surface area contributed by atoms with Gasteiger partial charge >= 0.3 is 53.4 Å². The van der Waals surface area contributed by atoms with Gasteiger partial charge in [0.15, 0.2) is 0 Å². The van der Waals surface area contributed by atoms with Crippen LogP contribution in [0.1, 0.15) is 0 Å². The first kappa shape index (κ1) is 4.58. The molecule has 0 amide bonds. The van der Waals surface area contributed by atoms with Gasteiger partial charge in [-0.15, -0.1) is 0 Å². The van der Waals surface area contributed by atoms with E-state index in [4.69, 9.17) is 0 Å². The molecule has 1 rings (SSSR count). The summed E-state index contributed by atoms with van der Waals surface area (Å²) in [4.78, 5) is 3.86. The van der Waals surface area contributed by atoms with Crippen LogP contribution in [0.3, 0.4) is 0 Å². The maximum atomic E-state index is 3.86. The predicted molar refractivity (Wildman–Crippen MR) is 27.5 cm³/mol. The molecule has 0 saturated heterocycles. The number of nitrogens with zero attached hydrogens (tertiary/aromatic N) is 1. The number of hydrogen-bond donors (Lipinski definition) is 0. The van der Waals surface area contributed by atoms with Gasteiger partial charge in [0.2, 0.25) is 0 Å². The number of thiazole rings is 1. The summed E-state index contributed by atoms with van der Waals surface area (Å²) in [6.07, 6.45) is 1.89. The molecule has 0 unspecified atom stereocenters. The molecule has 1 heterocycles. The maximum absolute atomic E-state index is 3.86. The molecular formula is C3H2NSSn. The van der Waals surface area contributed by atoms with Crippen LogP contribution in [0.5, 0.6) is 0 Å². The number of aromatic nitrogens is 1. The van der Waals surface area contributed by atoms with Crippen molar-refractivity contribution in [3.63, 3.8) is 0 Å². The van der Waals surface area contributed by atoms with Gasteiger partial charge < -0.3 is 0 Å². The summed E-state index contributed by atoms with van der Waals surface area (Å²) in [7, 11) is 0. The average Bonchev–Trinajstić information content (AvgIpc) is 1.86. The second-order valence-corrected chi connectivity index (χ2v) is 4.32. The van der Waals surface area contributed by atoms with Crippen molar-refractivity contribution in [2.75, 3.05) is 0 Å². The molecule has 0 fully saturated rings. The van der Waals surface area contributed by atoms with Gasteiger partial charge in [-0.1, -0.05) is 0 Å². The van der Waals surface area contributed by atoms with Gasteiger partial charge in [0.1, 0.15) is 0 Å². The van der Waals surface area contributed by atoms with Gasteiger partial charge in [-0.2, -0.15) is 0 Å². The summed E-state index contributed by atoms with van der Waals surface area (Å²) in [6, 6.07) is 0. The molecule has 0 saturated carbocycles. The van der Waals surface area contributed by atoms with Crippen molar-refractivity contribution in [3.8, 4) is 0 Å². The molecule has 0 bridgehead atoms. The summed E-state index contributed by atoms with van der Waals surface area (Å²) in [5.41, 5.74) is 1.85. The van der Waals surface area contributed by atoms with Gasteiger partial charge in [0.05, 0.1) is 0 Å². The molecule has 1 aromatic heterocycles. The zero-order chi connectivity index (χ0) is 4.41. The third-order valence-electron chi connectivity index (χ3n) is 0.432. The normalized spacial score (nSPS) is 8.83. The molecule has 0 aliphatic heterocycles. The van der Waals surface area contributed by atoms with Crippen LogP contribution in [-0.4, -0.2) is 27.5 Å². The molecule has 1 nitrogen and oxygen atoms in total. The third-order valence-corrected chi connectivity index (χ3v) is 2.40. The minimum atomic E-state index is 1.36. The van der Waals surface area contributed by atoms with E-state index >= 15 is 0 Å². The van der Waals surface area contributed by atoms with E-state index in [0.717, 1.165) is 0 Å². The van der Waals surface area contributed by atoms with Gasteiger partial charge in [0.25, 0.3) is 0 Å². The molecular weight excluding hydrogens is 201 g/mol. The second-order valence-electron chi connectivity index (χ2n) is 0.866. The van der Waals surface area contributed by atoms with Gasteiger partial charge in [-0.3, -0.25) is 0 Å². The molecule has 0 aromatic carbocycles. The van der Waals surface area contributed by atoms with Gasteiger partial charge in [0, 0.05) is 0 Å². The summed E-state index contributed by atoms with van der Waals surface area (Å²) < 4.78 is 1.36. The van der Waals surface area contributed by atoms with Crippen molar-refractivity contribution in [1.29, 1.82) is 0 Å². The Morgan fingerprint density at radius 2 is 2.67 bits per heavy atom.